The van der Waals surface area contributed by atoms with Crippen LogP contribution in [0.15, 0.2) is 47.4 Å². The zero-order valence-electron chi connectivity index (χ0n) is 16.1. The Hall–Kier alpha value is -3.19. The van der Waals surface area contributed by atoms with E-state index < -0.39 is 34.7 Å². The molecule has 3 rings (SSSR count). The molecular weight excluding hydrogens is 476 g/mol. The van der Waals surface area contributed by atoms with E-state index in [1.54, 1.807) is 0 Å². The molecule has 0 spiro atoms. The number of hydrogen-bond donors (Lipinski definition) is 1. The van der Waals surface area contributed by atoms with Crippen molar-refractivity contribution in [1.29, 1.82) is 0 Å². The number of nitrogens with zero attached hydrogens (tertiary/aromatic N) is 1. The third-order valence-electron chi connectivity index (χ3n) is 3.86. The molecule has 0 radical (unpaired) electrons. The van der Waals surface area contributed by atoms with Crippen LogP contribution in [0.1, 0.15) is 5.56 Å². The lowest BCUT2D eigenvalue weighted by molar-refractivity contribution is -0.111. The molecule has 1 N–H and O–H groups in total. The van der Waals surface area contributed by atoms with Crippen LogP contribution in [0.5, 0.6) is 11.5 Å². The van der Waals surface area contributed by atoms with E-state index >= 15 is 0 Å². The van der Waals surface area contributed by atoms with E-state index in [0.29, 0.717) is 10.2 Å². The van der Waals surface area contributed by atoms with Gasteiger partial charge in [-0.25, -0.2) is 13.4 Å². The van der Waals surface area contributed by atoms with Gasteiger partial charge in [-0.05, 0) is 36.4 Å². The first-order valence-electron chi connectivity index (χ1n) is 8.64. The first-order valence-corrected chi connectivity index (χ1v) is 11.4. The number of benzene rings is 2. The molecule has 170 valence electrons. The Morgan fingerprint density at radius 3 is 2.47 bits per heavy atom. The van der Waals surface area contributed by atoms with Crippen molar-refractivity contribution in [2.75, 3.05) is 11.6 Å². The van der Waals surface area contributed by atoms with Gasteiger partial charge in [-0.2, -0.15) is 17.6 Å². The smallest absolute Gasteiger partial charge is 0.387 e. The first kappa shape index (κ1) is 23.5. The summed E-state index contributed by atoms with van der Waals surface area (Å²) >= 11 is 1.04. The Balaban J connectivity index is 1.77. The van der Waals surface area contributed by atoms with Gasteiger partial charge in [0.15, 0.2) is 15.0 Å². The van der Waals surface area contributed by atoms with Crippen LogP contribution in [0.2, 0.25) is 0 Å². The molecule has 0 aliphatic carbocycles. The monoisotopic (exact) mass is 490 g/mol. The molecule has 0 aliphatic heterocycles. The van der Waals surface area contributed by atoms with Crippen molar-refractivity contribution in [3.63, 3.8) is 0 Å². The summed E-state index contributed by atoms with van der Waals surface area (Å²) in [5, 5.41) is 2.66. The van der Waals surface area contributed by atoms with E-state index in [2.05, 4.69) is 19.8 Å². The van der Waals surface area contributed by atoms with E-state index in [-0.39, 0.29) is 21.3 Å². The summed E-state index contributed by atoms with van der Waals surface area (Å²) in [6.07, 6.45) is 3.23. The zero-order valence-corrected chi connectivity index (χ0v) is 17.7. The summed E-state index contributed by atoms with van der Waals surface area (Å²) in [7, 11) is -3.41. The van der Waals surface area contributed by atoms with Crippen LogP contribution >= 0.6 is 11.3 Å². The Bertz CT molecular complexity index is 1280. The molecule has 1 amide bonds. The van der Waals surface area contributed by atoms with Crippen molar-refractivity contribution in [2.24, 2.45) is 0 Å². The maximum atomic E-state index is 12.6. The molecule has 2 aromatic carbocycles. The number of nitrogens with one attached hydrogen (secondary N) is 1. The van der Waals surface area contributed by atoms with Gasteiger partial charge in [0.1, 0.15) is 11.5 Å². The van der Waals surface area contributed by atoms with Gasteiger partial charge < -0.3 is 9.47 Å². The van der Waals surface area contributed by atoms with Gasteiger partial charge in [-0.1, -0.05) is 11.3 Å². The predicted octanol–water partition coefficient (Wildman–Crippen LogP) is 4.55. The number of carbonyl (C=O) groups is 1. The molecule has 0 aliphatic rings. The summed E-state index contributed by atoms with van der Waals surface area (Å²) < 4.78 is 82.2. The fourth-order valence-electron chi connectivity index (χ4n) is 2.53. The molecule has 0 bridgehead atoms. The largest absolute Gasteiger partial charge is 0.435 e. The first-order chi connectivity index (χ1) is 15.0. The number of fused-ring (bicyclic) bond motifs is 1. The fourth-order valence-corrected chi connectivity index (χ4v) is 4.16. The summed E-state index contributed by atoms with van der Waals surface area (Å²) in [6.45, 7) is -6.37. The summed E-state index contributed by atoms with van der Waals surface area (Å²) in [4.78, 5) is 16.5. The molecule has 0 unspecified atom stereocenters. The second kappa shape index (κ2) is 9.53. The summed E-state index contributed by atoms with van der Waals surface area (Å²) in [5.41, 5.74) is 0.494. The molecule has 7 nitrogen and oxygen atoms in total. The maximum absolute atomic E-state index is 12.6. The van der Waals surface area contributed by atoms with Crippen molar-refractivity contribution >= 4 is 48.5 Å². The lowest BCUT2D eigenvalue weighted by Gasteiger charge is -2.11. The molecule has 0 saturated heterocycles. The number of thiazole rings is 1. The average Bonchev–Trinajstić information content (AvgIpc) is 3.07. The van der Waals surface area contributed by atoms with Crippen LogP contribution in [0.3, 0.4) is 0 Å². The SMILES string of the molecule is CS(=O)(=O)c1ccc2nc(NC(=O)/C=C/c3ccc(OC(F)F)cc3OC(F)F)sc2c1. The number of anilines is 1. The number of rotatable bonds is 8. The van der Waals surface area contributed by atoms with Crippen molar-refractivity contribution in [1.82, 2.24) is 4.98 Å². The van der Waals surface area contributed by atoms with Gasteiger partial charge in [0, 0.05) is 24.0 Å². The number of amides is 1. The number of aromatic nitrogens is 1. The number of sulfone groups is 1. The van der Waals surface area contributed by atoms with E-state index in [9.17, 15) is 30.8 Å². The third-order valence-corrected chi connectivity index (χ3v) is 5.90. The highest BCUT2D eigenvalue weighted by atomic mass is 32.2. The predicted molar refractivity (Wildman–Crippen MR) is 110 cm³/mol. The van der Waals surface area contributed by atoms with Gasteiger partial charge in [0.25, 0.3) is 0 Å². The van der Waals surface area contributed by atoms with Crippen LogP contribution in [0.25, 0.3) is 16.3 Å². The van der Waals surface area contributed by atoms with E-state index in [1.807, 2.05) is 0 Å². The molecule has 3 aromatic rings. The van der Waals surface area contributed by atoms with Crippen molar-refractivity contribution in [3.05, 3.63) is 48.0 Å². The molecule has 32 heavy (non-hydrogen) atoms. The van der Waals surface area contributed by atoms with Gasteiger partial charge in [0.05, 0.1) is 15.1 Å². The number of ether oxygens (including phenoxy) is 2. The number of alkyl halides is 4. The van der Waals surface area contributed by atoms with E-state index in [0.717, 1.165) is 41.9 Å². The van der Waals surface area contributed by atoms with Gasteiger partial charge >= 0.3 is 13.2 Å². The number of carbonyl (C=O) groups excluding carboxylic acids is 1. The van der Waals surface area contributed by atoms with Crippen LogP contribution in [-0.2, 0) is 14.6 Å². The van der Waals surface area contributed by atoms with Gasteiger partial charge in [-0.15, -0.1) is 0 Å². The Morgan fingerprint density at radius 1 is 1.09 bits per heavy atom. The van der Waals surface area contributed by atoms with Crippen LogP contribution < -0.4 is 14.8 Å². The molecule has 0 saturated carbocycles. The highest BCUT2D eigenvalue weighted by molar-refractivity contribution is 7.90. The zero-order chi connectivity index (χ0) is 23.5. The fraction of sp³-hybridized carbons (Fsp3) is 0.158. The summed E-state index contributed by atoms with van der Waals surface area (Å²) in [5.74, 6) is -1.51. The molecule has 13 heteroatoms. The minimum atomic E-state index is -3.41. The Morgan fingerprint density at radius 2 is 1.81 bits per heavy atom. The average molecular weight is 490 g/mol. The van der Waals surface area contributed by atoms with Crippen molar-refractivity contribution < 1.29 is 40.2 Å². The minimum absolute atomic E-state index is 0.0177. The number of hydrogen-bond acceptors (Lipinski definition) is 7. The lowest BCUT2D eigenvalue weighted by Crippen LogP contribution is -2.08. The second-order valence-corrected chi connectivity index (χ2v) is 9.25. The third kappa shape index (κ3) is 6.17. The van der Waals surface area contributed by atoms with Gasteiger partial charge in [0.2, 0.25) is 5.91 Å². The Labute approximate surface area is 183 Å². The molecule has 1 heterocycles. The van der Waals surface area contributed by atoms with E-state index in [1.165, 1.54) is 24.3 Å². The Kier molecular flexibility index (Phi) is 6.99. The quantitative estimate of drug-likeness (QED) is 0.368. The standard InChI is InChI=1S/C19H14F4N2O5S2/c1-32(27,28)12-5-6-13-15(9-12)31-19(24-13)25-16(26)7-3-10-2-4-11(29-17(20)21)8-14(10)30-18(22)23/h2-9,17-18H,1H3,(H,24,25,26)/b7-3+. The topological polar surface area (TPSA) is 94.6 Å². The number of halogens is 4. The van der Waals surface area contributed by atoms with Gasteiger partial charge in [-0.3, -0.25) is 10.1 Å². The summed E-state index contributed by atoms with van der Waals surface area (Å²) in [6, 6.07) is 7.46. The van der Waals surface area contributed by atoms with Crippen LogP contribution in [0, 0.1) is 0 Å². The highest BCUT2D eigenvalue weighted by Crippen LogP contribution is 2.30. The van der Waals surface area contributed by atoms with Crippen LogP contribution in [0.4, 0.5) is 22.7 Å². The molecule has 1 aromatic heterocycles. The lowest BCUT2D eigenvalue weighted by atomic mass is 10.1. The molecular formula is C19H14F4N2O5S2. The van der Waals surface area contributed by atoms with Crippen LogP contribution in [-0.4, -0.2) is 38.8 Å². The van der Waals surface area contributed by atoms with Crippen molar-refractivity contribution in [3.8, 4) is 11.5 Å². The highest BCUT2D eigenvalue weighted by Gasteiger charge is 2.14. The maximum Gasteiger partial charge on any atom is 0.387 e. The van der Waals surface area contributed by atoms with E-state index in [4.69, 9.17) is 0 Å². The van der Waals surface area contributed by atoms with Crippen molar-refractivity contribution in [2.45, 2.75) is 18.1 Å². The molecule has 0 fully saturated rings. The normalized spacial score (nSPS) is 12.1. The second-order valence-electron chi connectivity index (χ2n) is 6.20. The minimum Gasteiger partial charge on any atom is -0.435 e. The molecule has 0 atom stereocenters.